The molecule has 2 aromatic carbocycles. The zero-order chi connectivity index (χ0) is 49.9. The van der Waals surface area contributed by atoms with Gasteiger partial charge in [0.25, 0.3) is 0 Å². The summed E-state index contributed by atoms with van der Waals surface area (Å²) in [6.07, 6.45) is 12.1. The van der Waals surface area contributed by atoms with Crippen LogP contribution in [-0.2, 0) is 34.1 Å². The van der Waals surface area contributed by atoms with E-state index >= 15 is 4.79 Å². The van der Waals surface area contributed by atoms with Gasteiger partial charge in [-0.3, -0.25) is 34.2 Å². The Hall–Kier alpha value is -5.87. The summed E-state index contributed by atoms with van der Waals surface area (Å²) in [7, 11) is 0. The first-order chi connectivity index (χ1) is 35.3. The maximum Gasteiger partial charge on any atom is 0.238 e. The number of piperidine rings is 4. The number of imide groups is 1. The average molecular weight is 991 g/mol. The third kappa shape index (κ3) is 8.02. The fourth-order valence-electron chi connectivity index (χ4n) is 14.2. The quantitative estimate of drug-likeness (QED) is 0.166. The minimum Gasteiger partial charge on any atom is -0.378 e. The van der Waals surface area contributed by atoms with E-state index in [0.29, 0.717) is 88.9 Å². The van der Waals surface area contributed by atoms with Crippen molar-refractivity contribution in [3.8, 4) is 11.3 Å². The third-order valence-corrected chi connectivity index (χ3v) is 18.9. The van der Waals surface area contributed by atoms with Gasteiger partial charge in [-0.2, -0.15) is 0 Å². The van der Waals surface area contributed by atoms with Crippen molar-refractivity contribution in [1.29, 1.82) is 0 Å². The summed E-state index contributed by atoms with van der Waals surface area (Å²) in [6.45, 7) is 11.8. The van der Waals surface area contributed by atoms with Crippen LogP contribution < -0.4 is 20.4 Å². The van der Waals surface area contributed by atoms with Crippen molar-refractivity contribution in [2.24, 2.45) is 11.3 Å². The van der Waals surface area contributed by atoms with Gasteiger partial charge in [0.1, 0.15) is 5.52 Å². The van der Waals surface area contributed by atoms with E-state index in [2.05, 4.69) is 74.9 Å². The number of hydrogen-bond donors (Lipinski definition) is 2. The first-order valence-corrected chi connectivity index (χ1v) is 27.6. The Morgan fingerprint density at radius 1 is 0.795 bits per heavy atom. The van der Waals surface area contributed by atoms with Crippen LogP contribution >= 0.6 is 0 Å². The Kier molecular flexibility index (Phi) is 11.5. The van der Waals surface area contributed by atoms with Crippen molar-refractivity contribution in [3.05, 3.63) is 66.0 Å². The van der Waals surface area contributed by atoms with E-state index in [0.717, 1.165) is 115 Å². The van der Waals surface area contributed by atoms with E-state index in [1.54, 1.807) is 0 Å². The molecule has 7 aliphatic heterocycles. The van der Waals surface area contributed by atoms with Crippen LogP contribution in [0.3, 0.4) is 0 Å². The first-order valence-electron chi connectivity index (χ1n) is 27.6. The molecule has 1 spiro atoms. The maximum atomic E-state index is 15.3. The molecule has 9 aliphatic rings. The van der Waals surface area contributed by atoms with Crippen LogP contribution in [0.15, 0.2) is 54.9 Å². The molecule has 9 heterocycles. The van der Waals surface area contributed by atoms with Gasteiger partial charge in [0.05, 0.1) is 42.1 Å². The molecule has 4 aromatic rings. The van der Waals surface area contributed by atoms with Crippen molar-refractivity contribution in [2.45, 2.75) is 152 Å². The number of nitrogens with zero attached hydrogens (tertiary/aromatic N) is 8. The maximum absolute atomic E-state index is 15.3. The highest BCUT2D eigenvalue weighted by Gasteiger charge is 2.58. The summed E-state index contributed by atoms with van der Waals surface area (Å²) in [5.74, 6) is 0.598. The topological polar surface area (TPSA) is 166 Å². The van der Waals surface area contributed by atoms with Crippen molar-refractivity contribution >= 4 is 57.8 Å². The van der Waals surface area contributed by atoms with Crippen LogP contribution in [0.2, 0.25) is 0 Å². The second-order valence-electron chi connectivity index (χ2n) is 23.7. The summed E-state index contributed by atoms with van der Waals surface area (Å²) in [6, 6.07) is 19.0. The van der Waals surface area contributed by atoms with Crippen molar-refractivity contribution in [1.82, 2.24) is 34.6 Å². The number of carbonyl (C=O) groups is 5. The number of ether oxygens (including phenoxy) is 1. The van der Waals surface area contributed by atoms with Crippen LogP contribution in [0.25, 0.3) is 22.3 Å². The number of amides is 5. The standard InChI is InChI=1S/C57H70N10O6/c1-34(2)65-33-58-47-30-46(60-51(50(47)65)59-38-7-8-38)37-6-12-45-48(26-37)67(41-27-40(28-41)66-42-29-43(66)32-73-31-42)55(72)57(45)18-24-64(25-19-57)54(71)56(3)16-22-63(23-17-56)53(70)36-14-20-62(21-15-36)39-9-4-35(5-10-39)44-11-13-49(68)61-52(44)69/h4-6,9-10,12,26,30,33-34,36,38,40-44H,7-8,11,13-25,27-29,31-32H2,1-3H3,(H,59,60)(H,61,68,69). The molecule has 16 nitrogen and oxygen atoms in total. The lowest BCUT2D eigenvalue weighted by Gasteiger charge is -2.60. The van der Waals surface area contributed by atoms with Gasteiger partial charge >= 0.3 is 0 Å². The van der Waals surface area contributed by atoms with Gasteiger partial charge in [-0.25, -0.2) is 9.97 Å². The third-order valence-electron chi connectivity index (χ3n) is 18.9. The van der Waals surface area contributed by atoms with E-state index in [4.69, 9.17) is 14.7 Å². The van der Waals surface area contributed by atoms with Crippen LogP contribution in [0, 0.1) is 11.3 Å². The van der Waals surface area contributed by atoms with Crippen molar-refractivity contribution < 1.29 is 28.7 Å². The first kappa shape index (κ1) is 46.9. The molecule has 5 amide bonds. The number of nitrogens with one attached hydrogen (secondary N) is 2. The van der Waals surface area contributed by atoms with Gasteiger partial charge in [0.15, 0.2) is 5.82 Å². The van der Waals surface area contributed by atoms with E-state index in [1.807, 2.05) is 40.4 Å². The Balaban J connectivity index is 0.673. The predicted molar refractivity (Wildman–Crippen MR) is 277 cm³/mol. The molecule has 384 valence electrons. The summed E-state index contributed by atoms with van der Waals surface area (Å²) in [4.78, 5) is 89.3. The molecule has 6 saturated heterocycles. The zero-order valence-corrected chi connectivity index (χ0v) is 42.7. The Morgan fingerprint density at radius 3 is 2.16 bits per heavy atom. The molecule has 2 aliphatic carbocycles. The second kappa shape index (κ2) is 17.9. The molecule has 0 radical (unpaired) electrons. The predicted octanol–water partition coefficient (Wildman–Crippen LogP) is 6.53. The largest absolute Gasteiger partial charge is 0.378 e. The smallest absolute Gasteiger partial charge is 0.238 e. The average Bonchev–Trinajstić information content (AvgIpc) is 4.06. The van der Waals surface area contributed by atoms with Crippen LogP contribution in [-0.4, -0.2) is 141 Å². The van der Waals surface area contributed by atoms with Gasteiger partial charge in [-0.15, -0.1) is 0 Å². The van der Waals surface area contributed by atoms with Gasteiger partial charge in [-0.1, -0.05) is 31.2 Å². The number of hydrogen-bond acceptors (Lipinski definition) is 11. The van der Waals surface area contributed by atoms with Gasteiger partial charge in [0.2, 0.25) is 29.5 Å². The van der Waals surface area contributed by atoms with E-state index in [1.165, 1.54) is 6.42 Å². The molecule has 8 fully saturated rings. The van der Waals surface area contributed by atoms with Gasteiger partial charge < -0.3 is 34.2 Å². The Bertz CT molecular complexity index is 2850. The van der Waals surface area contributed by atoms with Gasteiger partial charge in [-0.05, 0) is 126 Å². The minimum absolute atomic E-state index is 0.0492. The van der Waals surface area contributed by atoms with Crippen LogP contribution in [0.1, 0.15) is 127 Å². The van der Waals surface area contributed by atoms with Crippen LogP contribution in [0.4, 0.5) is 17.2 Å². The molecular formula is C57H70N10O6. The normalized spacial score (nSPS) is 28.1. The summed E-state index contributed by atoms with van der Waals surface area (Å²) in [5.41, 5.74) is 6.57. The molecule has 2 aromatic heterocycles. The molecular weight excluding hydrogens is 921 g/mol. The Labute approximate surface area is 427 Å². The second-order valence-corrected chi connectivity index (χ2v) is 23.7. The lowest BCUT2D eigenvalue weighted by molar-refractivity contribution is -0.161. The molecule has 13 rings (SSSR count). The highest BCUT2D eigenvalue weighted by atomic mass is 16.5. The fourth-order valence-corrected chi connectivity index (χ4v) is 14.2. The lowest BCUT2D eigenvalue weighted by Crippen LogP contribution is -2.70. The molecule has 2 saturated carbocycles. The highest BCUT2D eigenvalue weighted by molar-refractivity contribution is 6.09. The number of likely N-dealkylation sites (tertiary alicyclic amines) is 2. The number of imidazole rings is 1. The van der Waals surface area contributed by atoms with Crippen molar-refractivity contribution in [3.63, 3.8) is 0 Å². The number of carbonyl (C=O) groups excluding carboxylic acids is 5. The molecule has 16 heteroatoms. The zero-order valence-electron chi connectivity index (χ0n) is 42.7. The van der Waals surface area contributed by atoms with E-state index in [9.17, 15) is 19.2 Å². The number of anilines is 3. The Morgan fingerprint density at radius 2 is 1.49 bits per heavy atom. The number of fused-ring (bicyclic) bond motifs is 5. The number of aromatic nitrogens is 3. The van der Waals surface area contributed by atoms with Gasteiger partial charge in [0, 0.05) is 110 Å². The highest BCUT2D eigenvalue weighted by Crippen LogP contribution is 2.53. The number of pyridine rings is 1. The van der Waals surface area contributed by atoms with Crippen LogP contribution in [0.5, 0.6) is 0 Å². The summed E-state index contributed by atoms with van der Waals surface area (Å²) >= 11 is 0. The molecule has 3 unspecified atom stereocenters. The number of morpholine rings is 1. The van der Waals surface area contributed by atoms with E-state index < -0.39 is 10.8 Å². The van der Waals surface area contributed by atoms with E-state index in [-0.39, 0.29) is 53.5 Å². The fraction of sp³-hybridized carbons (Fsp3) is 0.596. The molecule has 3 atom stereocenters. The SMILES string of the molecule is CC(C)n1cnc2cc(-c3ccc4c(c3)N(C3CC(N5C6COCC5C6)C3)C(=O)C43CCN(C(=O)C4(C)CCN(C(=O)C5CCN(c6ccc(C7CCC(=O)NC7=O)cc6)CC5)CC4)CC3)nc(NC3CC3)c21. The lowest BCUT2D eigenvalue weighted by atomic mass is 9.72. The minimum atomic E-state index is -0.700. The number of rotatable bonds is 10. The molecule has 2 bridgehead atoms. The number of benzene rings is 2. The monoisotopic (exact) mass is 991 g/mol. The molecule has 73 heavy (non-hydrogen) atoms. The molecule has 2 N–H and O–H groups in total. The summed E-state index contributed by atoms with van der Waals surface area (Å²) < 4.78 is 8.03. The van der Waals surface area contributed by atoms with Crippen molar-refractivity contribution in [2.75, 3.05) is 67.6 Å². The summed E-state index contributed by atoms with van der Waals surface area (Å²) in [5, 5.41) is 6.16.